The minimum absolute atomic E-state index is 0.204. The molecule has 20 heavy (non-hydrogen) atoms. The van der Waals surface area contributed by atoms with E-state index in [1.807, 2.05) is 17.7 Å². The van der Waals surface area contributed by atoms with Crippen molar-refractivity contribution in [1.82, 2.24) is 25.5 Å². The normalized spacial score (nSPS) is 26.9. The van der Waals surface area contributed by atoms with Gasteiger partial charge in [0.05, 0.1) is 6.67 Å². The zero-order chi connectivity index (χ0) is 13.3. The van der Waals surface area contributed by atoms with Crippen molar-refractivity contribution in [2.24, 2.45) is 5.92 Å². The van der Waals surface area contributed by atoms with Crippen molar-refractivity contribution in [2.75, 3.05) is 11.7 Å². The highest BCUT2D eigenvalue weighted by Crippen LogP contribution is 2.46. The lowest BCUT2D eigenvalue weighted by atomic mass is 9.87. The van der Waals surface area contributed by atoms with Crippen LogP contribution < -0.4 is 15.8 Å². The monoisotopic (exact) mass is 288 g/mol. The SMILES string of the molecule is C[C@H]1CCc2c(sc3c2C2NCNN2c2nncn2-3)C1. The highest BCUT2D eigenvalue weighted by atomic mass is 32.1. The van der Waals surface area contributed by atoms with Crippen LogP contribution in [0.2, 0.25) is 0 Å². The quantitative estimate of drug-likeness (QED) is 0.766. The maximum absolute atomic E-state index is 4.26. The molecule has 1 saturated heterocycles. The molecule has 1 aliphatic carbocycles. The summed E-state index contributed by atoms with van der Waals surface area (Å²) in [6, 6.07) is 0. The molecule has 2 N–H and O–H groups in total. The number of aromatic nitrogens is 3. The second-order valence-corrected chi connectivity index (χ2v) is 6.97. The minimum Gasteiger partial charge on any atom is -0.278 e. The van der Waals surface area contributed by atoms with Crippen LogP contribution in [-0.2, 0) is 12.8 Å². The van der Waals surface area contributed by atoms with Gasteiger partial charge in [-0.25, -0.2) is 5.43 Å². The van der Waals surface area contributed by atoms with Crippen LogP contribution in [0.5, 0.6) is 0 Å². The Labute approximate surface area is 120 Å². The Morgan fingerprint density at radius 2 is 2.40 bits per heavy atom. The van der Waals surface area contributed by atoms with Gasteiger partial charge >= 0.3 is 0 Å². The van der Waals surface area contributed by atoms with Crippen molar-refractivity contribution in [3.63, 3.8) is 0 Å². The second-order valence-electron chi connectivity index (χ2n) is 5.88. The summed E-state index contributed by atoms with van der Waals surface area (Å²) in [5.74, 6) is 1.69. The topological polar surface area (TPSA) is 58.0 Å². The number of anilines is 1. The molecule has 4 heterocycles. The van der Waals surface area contributed by atoms with Gasteiger partial charge in [0.25, 0.3) is 0 Å². The maximum atomic E-state index is 4.26. The Balaban J connectivity index is 1.77. The summed E-state index contributed by atoms with van der Waals surface area (Å²) < 4.78 is 2.12. The first-order valence-corrected chi connectivity index (χ1v) is 7.95. The highest BCUT2D eigenvalue weighted by molar-refractivity contribution is 7.15. The van der Waals surface area contributed by atoms with Crippen molar-refractivity contribution in [3.05, 3.63) is 22.3 Å². The van der Waals surface area contributed by atoms with Crippen molar-refractivity contribution >= 4 is 17.3 Å². The molecule has 5 rings (SSSR count). The molecule has 1 unspecified atom stereocenters. The van der Waals surface area contributed by atoms with Crippen LogP contribution in [0.1, 0.15) is 35.5 Å². The van der Waals surface area contributed by atoms with Crippen LogP contribution in [0.3, 0.4) is 0 Å². The summed E-state index contributed by atoms with van der Waals surface area (Å²) >= 11 is 1.93. The lowest BCUT2D eigenvalue weighted by Gasteiger charge is -2.30. The molecule has 3 aliphatic rings. The number of rotatable bonds is 0. The largest absolute Gasteiger partial charge is 0.278 e. The number of hydrogen-bond donors (Lipinski definition) is 2. The van der Waals surface area contributed by atoms with Gasteiger partial charge in [-0.05, 0) is 30.7 Å². The average molecular weight is 288 g/mol. The Hall–Kier alpha value is -1.44. The molecular weight excluding hydrogens is 272 g/mol. The van der Waals surface area contributed by atoms with E-state index in [9.17, 15) is 0 Å². The average Bonchev–Trinajstić information content (AvgIpc) is 3.14. The number of hydrogen-bond acceptors (Lipinski definition) is 6. The van der Waals surface area contributed by atoms with Gasteiger partial charge in [-0.3, -0.25) is 14.9 Å². The molecule has 104 valence electrons. The van der Waals surface area contributed by atoms with E-state index in [0.717, 1.165) is 18.5 Å². The Morgan fingerprint density at radius 3 is 3.35 bits per heavy atom. The Kier molecular flexibility index (Phi) is 2.14. The van der Waals surface area contributed by atoms with E-state index in [4.69, 9.17) is 0 Å². The van der Waals surface area contributed by atoms with Crippen LogP contribution in [0.4, 0.5) is 5.95 Å². The number of nitrogens with zero attached hydrogens (tertiary/aromatic N) is 4. The molecule has 0 aromatic carbocycles. The van der Waals surface area contributed by atoms with Crippen molar-refractivity contribution in [3.8, 4) is 5.00 Å². The number of thiophene rings is 1. The summed E-state index contributed by atoms with van der Waals surface area (Å²) in [6.45, 7) is 3.13. The van der Waals surface area contributed by atoms with Crippen molar-refractivity contribution in [2.45, 2.75) is 32.4 Å². The molecule has 0 bridgehead atoms. The van der Waals surface area contributed by atoms with Crippen molar-refractivity contribution < 1.29 is 0 Å². The maximum Gasteiger partial charge on any atom is 0.248 e. The highest BCUT2D eigenvalue weighted by Gasteiger charge is 2.40. The molecule has 1 fully saturated rings. The van der Waals surface area contributed by atoms with E-state index in [2.05, 4.69) is 37.4 Å². The molecule has 2 aliphatic heterocycles. The fourth-order valence-electron chi connectivity index (χ4n) is 3.59. The number of fused-ring (bicyclic) bond motifs is 8. The van der Waals surface area contributed by atoms with Crippen LogP contribution in [0.15, 0.2) is 6.33 Å². The van der Waals surface area contributed by atoms with E-state index in [-0.39, 0.29) is 6.17 Å². The molecule has 0 saturated carbocycles. The number of hydrazine groups is 1. The molecule has 0 amide bonds. The first-order valence-electron chi connectivity index (χ1n) is 7.14. The third-order valence-corrected chi connectivity index (χ3v) is 5.84. The van der Waals surface area contributed by atoms with Gasteiger partial charge in [-0.2, -0.15) is 0 Å². The van der Waals surface area contributed by atoms with E-state index in [1.165, 1.54) is 29.8 Å². The summed E-state index contributed by atoms with van der Waals surface area (Å²) in [5, 5.41) is 15.3. The predicted octanol–water partition coefficient (Wildman–Crippen LogP) is 1.34. The van der Waals surface area contributed by atoms with Gasteiger partial charge in [0.15, 0.2) is 0 Å². The van der Waals surface area contributed by atoms with Crippen LogP contribution >= 0.6 is 11.3 Å². The van der Waals surface area contributed by atoms with E-state index in [1.54, 1.807) is 10.4 Å². The number of nitrogens with one attached hydrogen (secondary N) is 2. The summed E-state index contributed by atoms with van der Waals surface area (Å²) in [6.07, 6.45) is 5.74. The zero-order valence-corrected chi connectivity index (χ0v) is 12.1. The van der Waals surface area contributed by atoms with Crippen molar-refractivity contribution in [1.29, 1.82) is 0 Å². The third kappa shape index (κ3) is 1.30. The van der Waals surface area contributed by atoms with Gasteiger partial charge in [-0.1, -0.05) is 6.92 Å². The van der Waals surface area contributed by atoms with Gasteiger partial charge in [-0.15, -0.1) is 21.5 Å². The first-order chi connectivity index (χ1) is 9.83. The molecule has 2 aromatic rings. The van der Waals surface area contributed by atoms with E-state index in [0.29, 0.717) is 0 Å². The van der Waals surface area contributed by atoms with Gasteiger partial charge < -0.3 is 0 Å². The summed E-state index contributed by atoms with van der Waals surface area (Å²) in [4.78, 5) is 1.56. The predicted molar refractivity (Wildman–Crippen MR) is 76.8 cm³/mol. The van der Waals surface area contributed by atoms with Crippen LogP contribution in [0.25, 0.3) is 5.00 Å². The lowest BCUT2D eigenvalue weighted by molar-refractivity contribution is 0.499. The van der Waals surface area contributed by atoms with Gasteiger partial charge in [0.2, 0.25) is 5.95 Å². The minimum atomic E-state index is 0.204. The van der Waals surface area contributed by atoms with Gasteiger partial charge in [0, 0.05) is 10.4 Å². The summed E-state index contributed by atoms with van der Waals surface area (Å²) in [7, 11) is 0. The first kappa shape index (κ1) is 11.2. The third-order valence-electron chi connectivity index (χ3n) is 4.57. The Bertz CT molecular complexity index is 689. The molecule has 0 spiro atoms. The van der Waals surface area contributed by atoms with E-state index < -0.39 is 0 Å². The lowest BCUT2D eigenvalue weighted by Crippen LogP contribution is -2.39. The smallest absolute Gasteiger partial charge is 0.248 e. The molecule has 2 atom stereocenters. The second kappa shape index (κ2) is 3.81. The fourth-order valence-corrected chi connectivity index (χ4v) is 5.09. The molecule has 7 heteroatoms. The van der Waals surface area contributed by atoms with Gasteiger partial charge in [0.1, 0.15) is 17.5 Å². The molecule has 2 aromatic heterocycles. The molecule has 6 nitrogen and oxygen atoms in total. The van der Waals surface area contributed by atoms with Crippen LogP contribution in [-0.4, -0.2) is 21.4 Å². The standard InChI is InChI=1S/C13H16N6S/c1-7-2-3-8-9(4-7)20-12-10(8)11-14-5-16-19(11)13-17-15-6-18(12)13/h6-7,11,14,16H,2-5H2,1H3/t7-,11?/m0/s1. The summed E-state index contributed by atoms with van der Waals surface area (Å²) in [5.41, 5.74) is 6.35. The molecule has 0 radical (unpaired) electrons. The zero-order valence-electron chi connectivity index (χ0n) is 11.3. The molecular formula is C13H16N6S. The van der Waals surface area contributed by atoms with E-state index >= 15 is 0 Å². The fraction of sp³-hybridized carbons (Fsp3) is 0.538. The van der Waals surface area contributed by atoms with Crippen LogP contribution in [0, 0.1) is 5.92 Å². The Morgan fingerprint density at radius 1 is 1.45 bits per heavy atom.